The quantitative estimate of drug-likeness (QED) is 0.0377. The van der Waals surface area contributed by atoms with E-state index in [0.29, 0.717) is 25.7 Å². The predicted octanol–water partition coefficient (Wildman–Crippen LogP) is 3.82. The van der Waals surface area contributed by atoms with Crippen molar-refractivity contribution >= 4 is 35.8 Å². The lowest BCUT2D eigenvalue weighted by atomic mass is 10.1. The number of nitrogens with two attached hydrogens (primary N) is 4. The molecule has 2 heterocycles. The topological polar surface area (TPSA) is 372 Å². The van der Waals surface area contributed by atoms with E-state index >= 15 is 0 Å². The lowest BCUT2D eigenvalue weighted by Crippen LogP contribution is -2.00. The zero-order valence-electron chi connectivity index (χ0n) is 34.1. The molecule has 0 aromatic carbocycles. The monoisotopic (exact) mass is 813 g/mol. The van der Waals surface area contributed by atoms with Crippen LogP contribution in [0.3, 0.4) is 0 Å². The van der Waals surface area contributed by atoms with Crippen molar-refractivity contribution in [3.63, 3.8) is 0 Å². The molecule has 56 heavy (non-hydrogen) atoms. The molecule has 0 aromatic heterocycles. The van der Waals surface area contributed by atoms with Crippen LogP contribution < -0.4 is 33.6 Å². The average molecular weight is 813 g/mol. The van der Waals surface area contributed by atoms with Gasteiger partial charge in [0.25, 0.3) is 0 Å². The van der Waals surface area contributed by atoms with Crippen LogP contribution in [0, 0.1) is 0 Å². The van der Waals surface area contributed by atoms with Gasteiger partial charge in [-0.3, -0.25) is 28.8 Å². The first-order valence-electron chi connectivity index (χ1n) is 20.2. The van der Waals surface area contributed by atoms with E-state index in [1.165, 1.54) is 51.9 Å². The second-order valence-corrected chi connectivity index (χ2v) is 12.9. The van der Waals surface area contributed by atoms with E-state index in [1.807, 2.05) is 0 Å². The van der Waals surface area contributed by atoms with Crippen LogP contribution in [0.1, 0.15) is 154 Å². The predicted molar refractivity (Wildman–Crippen MR) is 219 cm³/mol. The summed E-state index contributed by atoms with van der Waals surface area (Å²) >= 11 is 0. The molecule has 18 nitrogen and oxygen atoms in total. The summed E-state index contributed by atoms with van der Waals surface area (Å²) in [6.07, 6.45) is 17.4. The molecule has 2 rings (SSSR count). The summed E-state index contributed by atoms with van der Waals surface area (Å²) in [5.74, 6) is -4.96. The highest BCUT2D eigenvalue weighted by Gasteiger charge is 2.01. The standard InChI is InChI=1S/C10H18O4.2C6H16N2.2C6H10O4.2C2H5N/c11-9(12)7-5-3-1-2-4-6-8-10(13)14;2*7-5-3-1-2-4-6-8;2*7-5(8)3-1-2-4-6(9)10;2*1-2-3-1/h1-8H2,(H,11,12)(H,13,14);2*1-8H2;2*1-4H2,(H,7,8)(H,9,10);2*3H,1-2H2. The highest BCUT2D eigenvalue weighted by molar-refractivity contribution is 5.68. The van der Waals surface area contributed by atoms with Gasteiger partial charge in [-0.15, -0.1) is 0 Å². The summed E-state index contributed by atoms with van der Waals surface area (Å²) in [5, 5.41) is 55.2. The minimum atomic E-state index is -0.870. The summed E-state index contributed by atoms with van der Waals surface area (Å²) in [4.78, 5) is 59.9. The van der Waals surface area contributed by atoms with Crippen LogP contribution in [0.25, 0.3) is 0 Å². The normalized spacial score (nSPS) is 11.1. The lowest BCUT2D eigenvalue weighted by molar-refractivity contribution is -0.139. The molecule has 334 valence electrons. The zero-order chi connectivity index (χ0) is 43.5. The third-order valence-electron chi connectivity index (χ3n) is 6.91. The zero-order valence-corrected chi connectivity index (χ0v) is 34.1. The van der Waals surface area contributed by atoms with Gasteiger partial charge in [0.2, 0.25) is 0 Å². The van der Waals surface area contributed by atoms with Crippen molar-refractivity contribution in [2.75, 3.05) is 52.4 Å². The first-order valence-corrected chi connectivity index (χ1v) is 20.2. The fraction of sp³-hybridized carbons (Fsp3) is 0.842. The number of rotatable bonds is 29. The molecule has 0 spiro atoms. The molecule has 16 N–H and O–H groups in total. The summed E-state index contributed by atoms with van der Waals surface area (Å²) in [6.45, 7) is 8.30. The second-order valence-electron chi connectivity index (χ2n) is 12.9. The molecule has 0 radical (unpaired) electrons. The number of nitrogens with one attached hydrogen (secondary N) is 2. The molecule has 0 unspecified atom stereocenters. The minimum absolute atomic E-state index is 0.0628. The van der Waals surface area contributed by atoms with Gasteiger partial charge in [0, 0.05) is 64.7 Å². The van der Waals surface area contributed by atoms with Gasteiger partial charge in [0.1, 0.15) is 0 Å². The molecule has 0 aromatic rings. The van der Waals surface area contributed by atoms with Crippen molar-refractivity contribution < 1.29 is 59.4 Å². The molecule has 2 aliphatic heterocycles. The van der Waals surface area contributed by atoms with E-state index in [2.05, 4.69) is 10.6 Å². The average Bonchev–Trinajstić information content (AvgIpc) is 4.03. The number of carbonyl (C=O) groups is 6. The molecule has 2 saturated heterocycles. The van der Waals surface area contributed by atoms with Gasteiger partial charge in [0.05, 0.1) is 0 Å². The largest absolute Gasteiger partial charge is 0.481 e. The third kappa shape index (κ3) is 110. The van der Waals surface area contributed by atoms with Gasteiger partial charge < -0.3 is 64.2 Å². The van der Waals surface area contributed by atoms with Gasteiger partial charge in [-0.1, -0.05) is 51.4 Å². The van der Waals surface area contributed by atoms with E-state index in [4.69, 9.17) is 53.6 Å². The smallest absolute Gasteiger partial charge is 0.303 e. The summed E-state index contributed by atoms with van der Waals surface area (Å²) < 4.78 is 0. The van der Waals surface area contributed by atoms with Crippen LogP contribution in [0.2, 0.25) is 0 Å². The van der Waals surface area contributed by atoms with E-state index in [1.54, 1.807) is 0 Å². The maximum Gasteiger partial charge on any atom is 0.303 e. The van der Waals surface area contributed by atoms with Crippen LogP contribution in [-0.4, -0.2) is 119 Å². The molecule has 0 aliphatic carbocycles. The van der Waals surface area contributed by atoms with Crippen molar-refractivity contribution in [2.24, 2.45) is 22.9 Å². The Kier molecular flexibility index (Phi) is 61.7. The number of aliphatic carboxylic acids is 6. The van der Waals surface area contributed by atoms with Gasteiger partial charge in [-0.2, -0.15) is 0 Å². The highest BCUT2D eigenvalue weighted by atomic mass is 16.4. The van der Waals surface area contributed by atoms with Crippen molar-refractivity contribution in [1.29, 1.82) is 0 Å². The van der Waals surface area contributed by atoms with E-state index in [-0.39, 0.29) is 38.5 Å². The van der Waals surface area contributed by atoms with Crippen molar-refractivity contribution in [3.05, 3.63) is 0 Å². The first kappa shape index (κ1) is 61.8. The number of hydrogen-bond acceptors (Lipinski definition) is 12. The highest BCUT2D eigenvalue weighted by Crippen LogP contribution is 2.08. The Morgan fingerprint density at radius 2 is 0.411 bits per heavy atom. The molecule has 0 bridgehead atoms. The van der Waals surface area contributed by atoms with Crippen LogP contribution in [0.4, 0.5) is 0 Å². The van der Waals surface area contributed by atoms with Gasteiger partial charge in [-0.05, 0) is 90.4 Å². The molecule has 0 saturated carbocycles. The number of hydrogen-bond donors (Lipinski definition) is 12. The summed E-state index contributed by atoms with van der Waals surface area (Å²) in [5.41, 5.74) is 21.1. The SMILES string of the molecule is C1CN1.C1CN1.NCCCCCCN.NCCCCCCN.O=C(O)CCCCC(=O)O.O=C(O)CCCCC(=O)O.O=C(O)CCCCCCCCC(=O)O. The van der Waals surface area contributed by atoms with Gasteiger partial charge in [0.15, 0.2) is 0 Å². The lowest BCUT2D eigenvalue weighted by Gasteiger charge is -1.98. The Morgan fingerprint density at radius 1 is 0.286 bits per heavy atom. The first-order chi connectivity index (χ1) is 26.7. The molecule has 2 fully saturated rings. The van der Waals surface area contributed by atoms with Crippen LogP contribution in [-0.2, 0) is 28.8 Å². The van der Waals surface area contributed by atoms with Gasteiger partial charge >= 0.3 is 35.8 Å². The van der Waals surface area contributed by atoms with E-state index in [0.717, 1.165) is 90.4 Å². The summed E-state index contributed by atoms with van der Waals surface area (Å²) in [7, 11) is 0. The Morgan fingerprint density at radius 3 is 0.536 bits per heavy atom. The van der Waals surface area contributed by atoms with Crippen LogP contribution in [0.15, 0.2) is 0 Å². The molecule has 0 atom stereocenters. The van der Waals surface area contributed by atoms with Crippen molar-refractivity contribution in [2.45, 2.75) is 154 Å². The Labute approximate surface area is 334 Å². The van der Waals surface area contributed by atoms with Gasteiger partial charge in [-0.25, -0.2) is 0 Å². The maximum atomic E-state index is 10.1. The summed E-state index contributed by atoms with van der Waals surface area (Å²) in [6, 6.07) is 0. The Hall–Kier alpha value is -3.42. The van der Waals surface area contributed by atoms with Crippen LogP contribution in [0.5, 0.6) is 0 Å². The number of carboxylic acid groups (broad SMARTS) is 6. The number of carboxylic acids is 6. The third-order valence-corrected chi connectivity index (χ3v) is 6.91. The van der Waals surface area contributed by atoms with Crippen LogP contribution >= 0.6 is 0 Å². The van der Waals surface area contributed by atoms with Crippen molar-refractivity contribution in [1.82, 2.24) is 10.6 Å². The fourth-order valence-electron chi connectivity index (χ4n) is 3.65. The molecular weight excluding hydrogens is 732 g/mol. The Balaban J connectivity index is -0.000000188. The molecule has 2 aliphatic rings. The maximum absolute atomic E-state index is 10.1. The molecule has 0 amide bonds. The second kappa shape index (κ2) is 55.9. The molecular formula is C38H80N6O12. The van der Waals surface area contributed by atoms with E-state index < -0.39 is 35.8 Å². The van der Waals surface area contributed by atoms with E-state index in [9.17, 15) is 28.8 Å². The molecule has 18 heteroatoms. The minimum Gasteiger partial charge on any atom is -0.481 e. The number of unbranched alkanes of at least 4 members (excludes halogenated alkanes) is 13. The Bertz CT molecular complexity index is 778. The fourth-order valence-corrected chi connectivity index (χ4v) is 3.65. The van der Waals surface area contributed by atoms with Crippen molar-refractivity contribution in [3.8, 4) is 0 Å².